The van der Waals surface area contributed by atoms with Crippen LogP contribution in [0.1, 0.15) is 52.7 Å². The van der Waals surface area contributed by atoms with Crippen LogP contribution in [-0.2, 0) is 10.8 Å². The molecule has 0 unspecified atom stereocenters. The van der Waals surface area contributed by atoms with E-state index in [1.807, 2.05) is 30.5 Å². The minimum absolute atomic E-state index is 0.161. The molecule has 0 bridgehead atoms. The van der Waals surface area contributed by atoms with Crippen molar-refractivity contribution in [2.24, 2.45) is 0 Å². The van der Waals surface area contributed by atoms with Crippen LogP contribution in [0.2, 0.25) is 0 Å². The third kappa shape index (κ3) is 6.49. The van der Waals surface area contributed by atoms with Gasteiger partial charge in [-0.05, 0) is 87.2 Å². The average Bonchev–Trinajstić information content (AvgIpc) is 3.57. The Bertz CT molecular complexity index is 2550. The summed E-state index contributed by atoms with van der Waals surface area (Å²) in [6.45, 7) is 13.1. The van der Waals surface area contributed by atoms with Crippen molar-refractivity contribution in [2.75, 3.05) is 0 Å². The maximum Gasteiger partial charge on any atom is 0.149 e. The van der Waals surface area contributed by atoms with Gasteiger partial charge in [0.05, 0.1) is 28.0 Å². The summed E-state index contributed by atoms with van der Waals surface area (Å²) in [6.07, 6.45) is 1.84. The van der Waals surface area contributed by atoms with Crippen LogP contribution in [0.4, 0.5) is 0 Å². The molecule has 0 radical (unpaired) electrons. The number of para-hydroxylation sites is 2. The van der Waals surface area contributed by atoms with Crippen LogP contribution in [0.3, 0.4) is 0 Å². The first kappa shape index (κ1) is 34.8. The molecular weight excluding hydrogens is 659 g/mol. The molecule has 54 heavy (non-hydrogen) atoms. The molecule has 0 aliphatic carbocycles. The number of benzene rings is 6. The zero-order chi connectivity index (χ0) is 37.6. The first-order valence-electron chi connectivity index (χ1n) is 18.6. The van der Waals surface area contributed by atoms with Crippen molar-refractivity contribution < 1.29 is 5.11 Å². The number of imidazole rings is 1. The number of rotatable bonds is 6. The zero-order valence-electron chi connectivity index (χ0n) is 31.8. The largest absolute Gasteiger partial charge is 0.507 e. The summed E-state index contributed by atoms with van der Waals surface area (Å²) in [6, 6.07) is 52.9. The summed E-state index contributed by atoms with van der Waals surface area (Å²) in [5.41, 5.74) is 13.5. The van der Waals surface area contributed by atoms with E-state index in [1.165, 1.54) is 0 Å². The predicted octanol–water partition coefficient (Wildman–Crippen LogP) is 13.1. The van der Waals surface area contributed by atoms with Gasteiger partial charge in [0.2, 0.25) is 0 Å². The Morgan fingerprint density at radius 3 is 1.81 bits per heavy atom. The third-order valence-corrected chi connectivity index (χ3v) is 10.3. The van der Waals surface area contributed by atoms with Gasteiger partial charge in [0.1, 0.15) is 11.6 Å². The molecule has 0 fully saturated rings. The molecule has 266 valence electrons. The maximum atomic E-state index is 12.3. The minimum Gasteiger partial charge on any atom is -0.507 e. The molecule has 4 heteroatoms. The van der Waals surface area contributed by atoms with Gasteiger partial charge in [0, 0.05) is 28.5 Å². The summed E-state index contributed by atoms with van der Waals surface area (Å²) in [4.78, 5) is 10.3. The van der Waals surface area contributed by atoms with E-state index in [0.717, 1.165) is 72.5 Å². The van der Waals surface area contributed by atoms with Crippen molar-refractivity contribution in [1.29, 1.82) is 0 Å². The fourth-order valence-electron chi connectivity index (χ4n) is 7.36. The molecule has 8 aromatic rings. The Kier molecular flexibility index (Phi) is 8.78. The Hall–Kier alpha value is -6.26. The van der Waals surface area contributed by atoms with Gasteiger partial charge >= 0.3 is 0 Å². The van der Waals surface area contributed by atoms with Gasteiger partial charge in [-0.2, -0.15) is 0 Å². The second kappa shape index (κ2) is 13.6. The van der Waals surface area contributed by atoms with E-state index in [2.05, 4.69) is 174 Å². The fraction of sp³-hybridized carbons (Fsp3) is 0.160. The van der Waals surface area contributed by atoms with Crippen LogP contribution in [0.25, 0.3) is 72.7 Å². The standard InChI is InChI=1S/C50H45N3O/c1-49(2,3)38-31-41(47(54)42(32-38)50(4,5)6)48-52-46-40(23-17-26-45(46)53(48)44-25-14-13-22-39(44)34-20-11-8-12-21-34)36-28-35(33-18-9-7-10-19-33)29-37(30-36)43-24-15-16-27-51-43/h7-32,54H,1-6H3. The van der Waals surface area contributed by atoms with Crippen molar-refractivity contribution >= 4 is 11.0 Å². The van der Waals surface area contributed by atoms with E-state index in [0.29, 0.717) is 11.4 Å². The normalized spacial score (nSPS) is 12.0. The van der Waals surface area contributed by atoms with Crippen LogP contribution in [0.15, 0.2) is 158 Å². The Morgan fingerprint density at radius 1 is 0.500 bits per heavy atom. The van der Waals surface area contributed by atoms with Gasteiger partial charge in [-0.1, -0.05) is 145 Å². The zero-order valence-corrected chi connectivity index (χ0v) is 31.8. The van der Waals surface area contributed by atoms with Gasteiger partial charge in [0.25, 0.3) is 0 Å². The van der Waals surface area contributed by atoms with E-state index in [9.17, 15) is 5.11 Å². The van der Waals surface area contributed by atoms with Crippen molar-refractivity contribution in [3.8, 4) is 67.5 Å². The Morgan fingerprint density at radius 2 is 1.13 bits per heavy atom. The highest BCUT2D eigenvalue weighted by molar-refractivity contribution is 5.98. The van der Waals surface area contributed by atoms with Gasteiger partial charge in [-0.3, -0.25) is 9.55 Å². The SMILES string of the molecule is CC(C)(C)c1cc(-c2nc3c(-c4cc(-c5ccccc5)cc(-c5ccccn5)c4)cccc3n2-c2ccccc2-c2ccccc2)c(O)c(C(C)(C)C)c1. The van der Waals surface area contributed by atoms with Crippen molar-refractivity contribution in [3.63, 3.8) is 0 Å². The van der Waals surface area contributed by atoms with Gasteiger partial charge in [-0.15, -0.1) is 0 Å². The number of phenols is 1. The van der Waals surface area contributed by atoms with E-state index in [1.54, 1.807) is 0 Å². The molecule has 0 aliphatic rings. The molecule has 0 atom stereocenters. The topological polar surface area (TPSA) is 50.9 Å². The Labute approximate surface area is 318 Å². The van der Waals surface area contributed by atoms with Gasteiger partial charge < -0.3 is 5.11 Å². The number of fused-ring (bicyclic) bond motifs is 1. The molecule has 4 nitrogen and oxygen atoms in total. The predicted molar refractivity (Wildman–Crippen MR) is 225 cm³/mol. The molecule has 0 saturated heterocycles. The number of phenolic OH excluding ortho intramolecular Hbond substituents is 1. The lowest BCUT2D eigenvalue weighted by Gasteiger charge is -2.27. The van der Waals surface area contributed by atoms with Crippen molar-refractivity contribution in [3.05, 3.63) is 169 Å². The van der Waals surface area contributed by atoms with Crippen LogP contribution >= 0.6 is 0 Å². The summed E-state index contributed by atoms with van der Waals surface area (Å²) >= 11 is 0. The summed E-state index contributed by atoms with van der Waals surface area (Å²) in [7, 11) is 0. The lowest BCUT2D eigenvalue weighted by atomic mass is 9.79. The lowest BCUT2D eigenvalue weighted by molar-refractivity contribution is 0.446. The molecule has 0 amide bonds. The third-order valence-electron chi connectivity index (χ3n) is 10.3. The quantitative estimate of drug-likeness (QED) is 0.188. The highest BCUT2D eigenvalue weighted by Crippen LogP contribution is 2.45. The number of aromatic nitrogens is 3. The summed E-state index contributed by atoms with van der Waals surface area (Å²) < 4.78 is 2.25. The van der Waals surface area contributed by atoms with Gasteiger partial charge in [-0.25, -0.2) is 4.98 Å². The number of nitrogens with zero attached hydrogens (tertiary/aromatic N) is 3. The number of aromatic hydroxyl groups is 1. The molecule has 2 aromatic heterocycles. The molecule has 2 heterocycles. The molecule has 0 saturated carbocycles. The van der Waals surface area contributed by atoms with E-state index in [-0.39, 0.29) is 16.6 Å². The highest BCUT2D eigenvalue weighted by atomic mass is 16.3. The van der Waals surface area contributed by atoms with E-state index in [4.69, 9.17) is 9.97 Å². The molecule has 0 spiro atoms. The maximum absolute atomic E-state index is 12.3. The number of pyridine rings is 1. The summed E-state index contributed by atoms with van der Waals surface area (Å²) in [5.74, 6) is 0.952. The Balaban J connectivity index is 1.47. The average molecular weight is 704 g/mol. The van der Waals surface area contributed by atoms with E-state index >= 15 is 0 Å². The minimum atomic E-state index is -0.302. The highest BCUT2D eigenvalue weighted by Gasteiger charge is 2.29. The second-order valence-corrected chi connectivity index (χ2v) is 16.1. The van der Waals surface area contributed by atoms with Crippen LogP contribution in [0, 0.1) is 0 Å². The van der Waals surface area contributed by atoms with Gasteiger partial charge in [0.15, 0.2) is 0 Å². The van der Waals surface area contributed by atoms with Crippen LogP contribution in [-0.4, -0.2) is 19.6 Å². The second-order valence-electron chi connectivity index (χ2n) is 16.1. The molecule has 0 aliphatic heterocycles. The van der Waals surface area contributed by atoms with Crippen molar-refractivity contribution in [1.82, 2.24) is 14.5 Å². The molecule has 6 aromatic carbocycles. The molecular formula is C50H45N3O. The summed E-state index contributed by atoms with van der Waals surface area (Å²) in [5, 5.41) is 12.3. The lowest BCUT2D eigenvalue weighted by Crippen LogP contribution is -2.17. The fourth-order valence-corrected chi connectivity index (χ4v) is 7.36. The first-order chi connectivity index (χ1) is 26.0. The van der Waals surface area contributed by atoms with Crippen LogP contribution in [0.5, 0.6) is 5.75 Å². The van der Waals surface area contributed by atoms with E-state index < -0.39 is 0 Å². The smallest absolute Gasteiger partial charge is 0.149 e. The number of hydrogen-bond acceptors (Lipinski definition) is 3. The monoisotopic (exact) mass is 703 g/mol. The number of hydrogen-bond donors (Lipinski definition) is 1. The molecule has 8 rings (SSSR count). The van der Waals surface area contributed by atoms with Crippen molar-refractivity contribution in [2.45, 2.75) is 52.4 Å². The molecule has 1 N–H and O–H groups in total. The first-order valence-corrected chi connectivity index (χ1v) is 18.6. The van der Waals surface area contributed by atoms with Crippen LogP contribution < -0.4 is 0 Å².